The molecule has 1 aromatic heterocycles. The topological polar surface area (TPSA) is 75.9 Å². The predicted molar refractivity (Wildman–Crippen MR) is 138 cm³/mol. The molecule has 3 aromatic rings. The van der Waals surface area contributed by atoms with Gasteiger partial charge in [0.05, 0.1) is 29.1 Å². The number of ether oxygens (including phenoxy) is 1. The number of benzene rings is 2. The second-order valence-electron chi connectivity index (χ2n) is 8.95. The molecule has 0 bridgehead atoms. The van der Waals surface area contributed by atoms with E-state index >= 15 is 0 Å². The van der Waals surface area contributed by atoms with E-state index < -0.39 is 0 Å². The lowest BCUT2D eigenvalue weighted by Crippen LogP contribution is -2.43. The fourth-order valence-corrected chi connectivity index (χ4v) is 4.76. The van der Waals surface area contributed by atoms with Gasteiger partial charge in [-0.1, -0.05) is 47.5 Å². The van der Waals surface area contributed by atoms with Crippen LogP contribution in [0.5, 0.6) is 0 Å². The van der Waals surface area contributed by atoms with Crippen molar-refractivity contribution in [3.8, 4) is 0 Å². The monoisotopic (exact) mass is 547 g/mol. The van der Waals surface area contributed by atoms with Gasteiger partial charge in [0, 0.05) is 26.2 Å². The van der Waals surface area contributed by atoms with Crippen LogP contribution < -0.4 is 0 Å². The number of halogens is 3. The van der Waals surface area contributed by atoms with Gasteiger partial charge in [0.1, 0.15) is 12.1 Å². The number of piperidine rings is 1. The molecule has 1 unspecified atom stereocenters. The van der Waals surface area contributed by atoms with Crippen LogP contribution in [0.2, 0.25) is 10.0 Å². The summed E-state index contributed by atoms with van der Waals surface area (Å²) in [5, 5.41) is 0.908. The molecule has 2 heterocycles. The Morgan fingerprint density at radius 1 is 1.16 bits per heavy atom. The Morgan fingerprint density at radius 2 is 1.95 bits per heavy atom. The summed E-state index contributed by atoms with van der Waals surface area (Å²) in [6.45, 7) is 4.08. The Balaban J connectivity index is 1.48. The van der Waals surface area contributed by atoms with Crippen molar-refractivity contribution in [2.24, 2.45) is 5.92 Å². The van der Waals surface area contributed by atoms with Gasteiger partial charge in [0.2, 0.25) is 5.89 Å². The van der Waals surface area contributed by atoms with Gasteiger partial charge in [0.25, 0.3) is 5.91 Å². The first-order valence-electron chi connectivity index (χ1n) is 12.1. The average Bonchev–Trinajstić information content (AvgIpc) is 3.36. The molecular weight excluding hydrogens is 520 g/mol. The van der Waals surface area contributed by atoms with Crippen LogP contribution in [-0.2, 0) is 29.2 Å². The number of nitrogens with zero attached hydrogens (tertiary/aromatic N) is 3. The third-order valence-corrected chi connectivity index (χ3v) is 7.06. The van der Waals surface area contributed by atoms with Crippen molar-refractivity contribution in [1.29, 1.82) is 0 Å². The zero-order valence-electron chi connectivity index (χ0n) is 20.5. The van der Waals surface area contributed by atoms with E-state index in [4.69, 9.17) is 32.4 Å². The molecule has 1 atom stereocenters. The van der Waals surface area contributed by atoms with Crippen molar-refractivity contribution < 1.29 is 23.1 Å². The molecule has 0 aliphatic carbocycles. The van der Waals surface area contributed by atoms with E-state index in [-0.39, 0.29) is 35.9 Å². The predicted octanol–water partition coefficient (Wildman–Crippen LogP) is 5.74. The average molecular weight is 548 g/mol. The molecule has 4 rings (SSSR count). The minimum Gasteiger partial charge on any atom is -0.466 e. The molecule has 1 saturated heterocycles. The number of carbonyl (C=O) groups is 2. The number of oxazole rings is 1. The van der Waals surface area contributed by atoms with Crippen molar-refractivity contribution in [2.45, 2.75) is 39.4 Å². The van der Waals surface area contributed by atoms with Crippen LogP contribution in [-0.4, -0.2) is 46.4 Å². The van der Waals surface area contributed by atoms with Gasteiger partial charge in [-0.15, -0.1) is 0 Å². The third-order valence-electron chi connectivity index (χ3n) is 6.20. The summed E-state index contributed by atoms with van der Waals surface area (Å²) in [4.78, 5) is 33.3. The SMILES string of the molecule is CCOC(=O)C1CCCN(C(=O)c2coc(CN(Cc3ccc(F)cc3)Cc3cccc(Cl)c3Cl)n2)C1. The lowest BCUT2D eigenvalue weighted by molar-refractivity contribution is -0.149. The van der Waals surface area contributed by atoms with Crippen LogP contribution in [0, 0.1) is 11.7 Å². The molecule has 2 aromatic carbocycles. The normalized spacial score (nSPS) is 15.7. The maximum absolute atomic E-state index is 13.4. The Bertz CT molecular complexity index is 1230. The lowest BCUT2D eigenvalue weighted by Gasteiger charge is -2.30. The molecule has 1 aliphatic heterocycles. The Hall–Kier alpha value is -2.94. The van der Waals surface area contributed by atoms with E-state index in [2.05, 4.69) is 4.98 Å². The van der Waals surface area contributed by atoms with Crippen molar-refractivity contribution in [2.75, 3.05) is 19.7 Å². The van der Waals surface area contributed by atoms with Crippen LogP contribution in [0.15, 0.2) is 53.1 Å². The molecule has 196 valence electrons. The van der Waals surface area contributed by atoms with Gasteiger partial charge in [-0.05, 0) is 49.1 Å². The maximum Gasteiger partial charge on any atom is 0.310 e. The molecule has 0 saturated carbocycles. The van der Waals surface area contributed by atoms with Gasteiger partial charge in [-0.3, -0.25) is 14.5 Å². The summed E-state index contributed by atoms with van der Waals surface area (Å²) in [6, 6.07) is 11.7. The maximum atomic E-state index is 13.4. The highest BCUT2D eigenvalue weighted by Gasteiger charge is 2.31. The first kappa shape index (κ1) is 27.1. The first-order chi connectivity index (χ1) is 17.8. The van der Waals surface area contributed by atoms with E-state index in [1.54, 1.807) is 30.0 Å². The minimum absolute atomic E-state index is 0.182. The molecule has 0 N–H and O–H groups in total. The number of hydrogen-bond donors (Lipinski definition) is 0. The molecule has 1 amide bonds. The summed E-state index contributed by atoms with van der Waals surface area (Å²) in [7, 11) is 0. The minimum atomic E-state index is -0.335. The Labute approximate surface area is 225 Å². The van der Waals surface area contributed by atoms with Crippen LogP contribution in [0.3, 0.4) is 0 Å². The van der Waals surface area contributed by atoms with E-state index in [9.17, 15) is 14.0 Å². The van der Waals surface area contributed by atoms with E-state index in [0.717, 1.165) is 11.1 Å². The lowest BCUT2D eigenvalue weighted by atomic mass is 9.98. The molecule has 10 heteroatoms. The summed E-state index contributed by atoms with van der Waals surface area (Å²) in [6.07, 6.45) is 2.75. The molecule has 37 heavy (non-hydrogen) atoms. The van der Waals surface area contributed by atoms with Gasteiger partial charge < -0.3 is 14.1 Å². The molecule has 0 radical (unpaired) electrons. The Morgan fingerprint density at radius 3 is 2.70 bits per heavy atom. The van der Waals surface area contributed by atoms with Crippen molar-refractivity contribution in [1.82, 2.24) is 14.8 Å². The van der Waals surface area contributed by atoms with E-state index in [1.807, 2.05) is 17.0 Å². The van der Waals surface area contributed by atoms with Gasteiger partial charge in [-0.25, -0.2) is 9.37 Å². The number of hydrogen-bond acceptors (Lipinski definition) is 6. The number of rotatable bonds is 9. The fourth-order valence-electron chi connectivity index (χ4n) is 4.38. The van der Waals surface area contributed by atoms with Crippen LogP contribution in [0.4, 0.5) is 4.39 Å². The highest BCUT2D eigenvalue weighted by atomic mass is 35.5. The van der Waals surface area contributed by atoms with Crippen LogP contribution >= 0.6 is 23.2 Å². The molecule has 1 aliphatic rings. The first-order valence-corrected chi connectivity index (χ1v) is 12.9. The molecule has 7 nitrogen and oxygen atoms in total. The molecule has 0 spiro atoms. The number of esters is 1. The number of aromatic nitrogens is 1. The highest BCUT2D eigenvalue weighted by Crippen LogP contribution is 2.28. The van der Waals surface area contributed by atoms with Crippen molar-refractivity contribution in [3.05, 3.63) is 87.3 Å². The molecular formula is C27H28Cl2FN3O4. The van der Waals surface area contributed by atoms with Gasteiger partial charge in [0.15, 0.2) is 5.69 Å². The fraction of sp³-hybridized carbons (Fsp3) is 0.370. The summed E-state index contributed by atoms with van der Waals surface area (Å²) in [5.41, 5.74) is 1.89. The number of likely N-dealkylation sites (tertiary alicyclic amines) is 1. The van der Waals surface area contributed by atoms with Crippen LogP contribution in [0.1, 0.15) is 47.3 Å². The summed E-state index contributed by atoms with van der Waals surface area (Å²) < 4.78 is 24.2. The quantitative estimate of drug-likeness (QED) is 0.318. The number of carbonyl (C=O) groups excluding carboxylic acids is 2. The van der Waals surface area contributed by atoms with E-state index in [0.29, 0.717) is 61.6 Å². The third kappa shape index (κ3) is 7.09. The smallest absolute Gasteiger partial charge is 0.310 e. The summed E-state index contributed by atoms with van der Waals surface area (Å²) in [5.74, 6) is -0.865. The highest BCUT2D eigenvalue weighted by molar-refractivity contribution is 6.42. The zero-order chi connectivity index (χ0) is 26.4. The van der Waals surface area contributed by atoms with Gasteiger partial charge in [-0.2, -0.15) is 0 Å². The van der Waals surface area contributed by atoms with Crippen molar-refractivity contribution >= 4 is 35.1 Å². The van der Waals surface area contributed by atoms with Gasteiger partial charge >= 0.3 is 5.97 Å². The molecule has 1 fully saturated rings. The zero-order valence-corrected chi connectivity index (χ0v) is 22.0. The largest absolute Gasteiger partial charge is 0.466 e. The van der Waals surface area contributed by atoms with Crippen LogP contribution in [0.25, 0.3) is 0 Å². The second kappa shape index (κ2) is 12.5. The second-order valence-corrected chi connectivity index (χ2v) is 9.74. The standard InChI is InChI=1S/C27H28Cl2FN3O4/c1-2-36-27(35)20-6-4-12-33(15-20)26(34)23-17-37-24(31-23)16-32(13-18-8-10-21(30)11-9-18)14-19-5-3-7-22(28)25(19)29/h3,5,7-11,17,20H,2,4,6,12-16H2,1H3. The summed E-state index contributed by atoms with van der Waals surface area (Å²) >= 11 is 12.6. The van der Waals surface area contributed by atoms with Crippen molar-refractivity contribution in [3.63, 3.8) is 0 Å². The van der Waals surface area contributed by atoms with E-state index in [1.165, 1.54) is 18.4 Å². The number of amides is 1. The Kier molecular flexibility index (Phi) is 9.18.